The summed E-state index contributed by atoms with van der Waals surface area (Å²) < 4.78 is 13.8. The van der Waals surface area contributed by atoms with Gasteiger partial charge in [-0.3, -0.25) is 4.57 Å². The Kier molecular flexibility index (Phi) is 5.54. The first-order valence-electron chi connectivity index (χ1n) is 9.49. The molecule has 1 aliphatic heterocycles. The summed E-state index contributed by atoms with van der Waals surface area (Å²) >= 11 is 4.96. The number of thioether (sulfide) groups is 1. The lowest BCUT2D eigenvalue weighted by molar-refractivity contribution is 0.0953. The molecule has 150 valence electrons. The molecular formula is C20H20N4O2S3. The molecule has 0 aromatic carbocycles. The van der Waals surface area contributed by atoms with Gasteiger partial charge in [0.1, 0.15) is 5.76 Å². The number of furan rings is 1. The van der Waals surface area contributed by atoms with Gasteiger partial charge in [-0.05, 0) is 43.3 Å². The van der Waals surface area contributed by atoms with E-state index in [0.29, 0.717) is 0 Å². The minimum atomic E-state index is 0.233. The van der Waals surface area contributed by atoms with Gasteiger partial charge >= 0.3 is 0 Å². The van der Waals surface area contributed by atoms with Gasteiger partial charge in [-0.15, -0.1) is 32.9 Å². The summed E-state index contributed by atoms with van der Waals surface area (Å²) in [7, 11) is 0. The third-order valence-corrected chi connectivity index (χ3v) is 7.49. The number of hydrogen-bond donors (Lipinski definition) is 0. The quantitative estimate of drug-likeness (QED) is 0.351. The SMILES string of the molecule is Cc1ccc(-c2nc(CSc3nnc(-c4cccs4)n3CC3CCCO3)cs2)o1. The van der Waals surface area contributed by atoms with E-state index >= 15 is 0 Å². The maximum Gasteiger partial charge on any atom is 0.191 e. The highest BCUT2D eigenvalue weighted by atomic mass is 32.2. The van der Waals surface area contributed by atoms with Crippen molar-refractivity contribution in [2.45, 2.75) is 43.3 Å². The number of thiazole rings is 1. The van der Waals surface area contributed by atoms with Crippen molar-refractivity contribution in [2.24, 2.45) is 0 Å². The smallest absolute Gasteiger partial charge is 0.191 e. The van der Waals surface area contributed by atoms with Crippen molar-refractivity contribution in [3.05, 3.63) is 46.5 Å². The topological polar surface area (TPSA) is 66.0 Å². The van der Waals surface area contributed by atoms with E-state index in [-0.39, 0.29) is 6.10 Å². The van der Waals surface area contributed by atoms with E-state index in [1.807, 2.05) is 25.1 Å². The van der Waals surface area contributed by atoms with Gasteiger partial charge in [-0.1, -0.05) is 17.8 Å². The number of ether oxygens (including phenoxy) is 1. The van der Waals surface area contributed by atoms with Crippen molar-refractivity contribution in [3.63, 3.8) is 0 Å². The van der Waals surface area contributed by atoms with Gasteiger partial charge in [0.2, 0.25) is 0 Å². The first-order valence-corrected chi connectivity index (χ1v) is 12.2. The van der Waals surface area contributed by atoms with Crippen LogP contribution in [0.1, 0.15) is 24.3 Å². The normalized spacial score (nSPS) is 16.7. The minimum absolute atomic E-state index is 0.233. The highest BCUT2D eigenvalue weighted by molar-refractivity contribution is 7.98. The second-order valence-corrected chi connectivity index (χ2v) is 9.62. The van der Waals surface area contributed by atoms with Gasteiger partial charge in [0.05, 0.1) is 23.2 Å². The number of rotatable bonds is 7. The van der Waals surface area contributed by atoms with Gasteiger partial charge in [-0.2, -0.15) is 0 Å². The largest absolute Gasteiger partial charge is 0.459 e. The number of aryl methyl sites for hydroxylation is 1. The monoisotopic (exact) mass is 444 g/mol. The lowest BCUT2D eigenvalue weighted by Crippen LogP contribution is -2.16. The van der Waals surface area contributed by atoms with Crippen LogP contribution in [0.2, 0.25) is 0 Å². The highest BCUT2D eigenvalue weighted by Gasteiger charge is 2.22. The van der Waals surface area contributed by atoms with Crippen molar-refractivity contribution in [1.29, 1.82) is 0 Å². The highest BCUT2D eigenvalue weighted by Crippen LogP contribution is 2.32. The molecule has 0 saturated carbocycles. The summed E-state index contributed by atoms with van der Waals surface area (Å²) in [6.45, 7) is 3.58. The molecule has 0 N–H and O–H groups in total. The van der Waals surface area contributed by atoms with Crippen molar-refractivity contribution >= 4 is 34.4 Å². The molecule has 9 heteroatoms. The molecule has 4 aromatic heterocycles. The summed E-state index contributed by atoms with van der Waals surface area (Å²) in [5.74, 6) is 3.38. The molecule has 0 spiro atoms. The Hall–Kier alpha value is -1.94. The van der Waals surface area contributed by atoms with Crippen LogP contribution < -0.4 is 0 Å². The van der Waals surface area contributed by atoms with Gasteiger partial charge < -0.3 is 9.15 Å². The van der Waals surface area contributed by atoms with E-state index in [1.54, 1.807) is 34.4 Å². The molecule has 0 amide bonds. The summed E-state index contributed by atoms with van der Waals surface area (Å²) in [5, 5.41) is 14.9. The van der Waals surface area contributed by atoms with Crippen LogP contribution in [0.4, 0.5) is 0 Å². The molecular weight excluding hydrogens is 424 g/mol. The molecule has 5 rings (SSSR count). The van der Waals surface area contributed by atoms with Crippen LogP contribution >= 0.6 is 34.4 Å². The zero-order valence-corrected chi connectivity index (χ0v) is 18.4. The Balaban J connectivity index is 1.34. The maximum atomic E-state index is 5.87. The molecule has 5 heterocycles. The van der Waals surface area contributed by atoms with E-state index in [4.69, 9.17) is 14.1 Å². The van der Waals surface area contributed by atoms with Crippen molar-refractivity contribution in [3.8, 4) is 21.5 Å². The fraction of sp³-hybridized carbons (Fsp3) is 0.350. The molecule has 1 saturated heterocycles. The van der Waals surface area contributed by atoms with Gasteiger partial charge in [0.15, 0.2) is 21.7 Å². The van der Waals surface area contributed by atoms with E-state index in [9.17, 15) is 0 Å². The average Bonchev–Trinajstić information content (AvgIpc) is 3.51. The second kappa shape index (κ2) is 8.43. The summed E-state index contributed by atoms with van der Waals surface area (Å²) in [4.78, 5) is 5.85. The summed E-state index contributed by atoms with van der Waals surface area (Å²) in [5.41, 5.74) is 1.02. The number of aromatic nitrogens is 4. The Labute approximate surface area is 181 Å². The molecule has 1 atom stereocenters. The predicted octanol–water partition coefficient (Wildman–Crippen LogP) is 5.50. The van der Waals surface area contributed by atoms with Crippen LogP contribution in [0, 0.1) is 6.92 Å². The molecule has 4 aromatic rings. The van der Waals surface area contributed by atoms with Crippen molar-refractivity contribution in [1.82, 2.24) is 19.7 Å². The summed E-state index contributed by atoms with van der Waals surface area (Å²) in [6, 6.07) is 8.07. The van der Waals surface area contributed by atoms with Crippen LogP contribution in [0.15, 0.2) is 44.6 Å². The Bertz CT molecular complexity index is 1080. The van der Waals surface area contributed by atoms with Crippen molar-refractivity contribution < 1.29 is 9.15 Å². The first-order chi connectivity index (χ1) is 14.3. The fourth-order valence-corrected chi connectivity index (χ4v) is 5.76. The Morgan fingerprint density at radius 2 is 2.21 bits per heavy atom. The van der Waals surface area contributed by atoms with E-state index in [2.05, 4.69) is 31.6 Å². The first kappa shape index (κ1) is 19.0. The standard InChI is InChI=1S/C20H20N4O2S3/c1-13-6-7-16(26-13)19-21-14(11-28-19)12-29-20-23-22-18(17-5-3-9-27-17)24(20)10-15-4-2-8-25-15/h3,5-7,9,11,15H,2,4,8,10,12H2,1H3. The predicted molar refractivity (Wildman–Crippen MR) is 116 cm³/mol. The van der Waals surface area contributed by atoms with E-state index in [1.165, 1.54) is 0 Å². The molecule has 0 radical (unpaired) electrons. The van der Waals surface area contributed by atoms with E-state index in [0.717, 1.165) is 69.8 Å². The third-order valence-electron chi connectivity index (χ3n) is 4.72. The molecule has 1 fully saturated rings. The third kappa shape index (κ3) is 4.18. The van der Waals surface area contributed by atoms with Crippen LogP contribution in [0.25, 0.3) is 21.5 Å². The zero-order chi connectivity index (χ0) is 19.6. The van der Waals surface area contributed by atoms with E-state index < -0.39 is 0 Å². The lowest BCUT2D eigenvalue weighted by Gasteiger charge is -2.14. The molecule has 6 nitrogen and oxygen atoms in total. The van der Waals surface area contributed by atoms with Crippen LogP contribution in [-0.4, -0.2) is 32.5 Å². The van der Waals surface area contributed by atoms with Gasteiger partial charge in [0.25, 0.3) is 0 Å². The van der Waals surface area contributed by atoms with Crippen LogP contribution in [-0.2, 0) is 17.0 Å². The summed E-state index contributed by atoms with van der Waals surface area (Å²) in [6.07, 6.45) is 2.44. The van der Waals surface area contributed by atoms with Crippen molar-refractivity contribution in [2.75, 3.05) is 6.61 Å². The fourth-order valence-electron chi connectivity index (χ4n) is 3.31. The zero-order valence-electron chi connectivity index (χ0n) is 15.9. The average molecular weight is 445 g/mol. The number of hydrogen-bond acceptors (Lipinski definition) is 8. The number of nitrogens with zero attached hydrogens (tertiary/aromatic N) is 4. The molecule has 29 heavy (non-hydrogen) atoms. The van der Waals surface area contributed by atoms with Gasteiger partial charge in [0, 0.05) is 17.7 Å². The Morgan fingerprint density at radius 1 is 1.24 bits per heavy atom. The maximum absolute atomic E-state index is 5.87. The molecule has 1 unspecified atom stereocenters. The molecule has 0 bridgehead atoms. The minimum Gasteiger partial charge on any atom is -0.459 e. The molecule has 0 aliphatic carbocycles. The lowest BCUT2D eigenvalue weighted by atomic mass is 10.2. The molecule has 1 aliphatic rings. The Morgan fingerprint density at radius 3 is 2.97 bits per heavy atom. The number of thiophene rings is 1. The van der Waals surface area contributed by atoms with Crippen LogP contribution in [0.5, 0.6) is 0 Å². The van der Waals surface area contributed by atoms with Gasteiger partial charge in [-0.25, -0.2) is 4.98 Å². The van der Waals surface area contributed by atoms with Crippen LogP contribution in [0.3, 0.4) is 0 Å². The second-order valence-electron chi connectivity index (χ2n) is 6.87.